The molecule has 0 aliphatic carbocycles. The van der Waals surface area contributed by atoms with E-state index in [2.05, 4.69) is 0 Å². The molecule has 0 fully saturated rings. The Bertz CT molecular complexity index is 420. The minimum absolute atomic E-state index is 0. The number of aromatic hydroxyl groups is 1. The Morgan fingerprint density at radius 2 is 1.94 bits per heavy atom. The van der Waals surface area contributed by atoms with Gasteiger partial charge in [0.15, 0.2) is 0 Å². The second kappa shape index (κ2) is 5.58. The third-order valence-electron chi connectivity index (χ3n) is 1.90. The van der Waals surface area contributed by atoms with Gasteiger partial charge in [-0.3, -0.25) is 0 Å². The third-order valence-corrected chi connectivity index (χ3v) is 1.90. The van der Waals surface area contributed by atoms with E-state index in [1.807, 2.05) is 0 Å². The molecule has 3 N–H and O–H groups in total. The molecule has 0 saturated carbocycles. The van der Waals surface area contributed by atoms with Gasteiger partial charge < -0.3 is 10.8 Å². The largest absolute Gasteiger partial charge is 0.506 e. The number of halogens is 4. The van der Waals surface area contributed by atoms with Gasteiger partial charge in [-0.2, -0.15) is 5.26 Å². The van der Waals surface area contributed by atoms with E-state index >= 15 is 0 Å². The zero-order valence-corrected chi connectivity index (χ0v) is 8.64. The van der Waals surface area contributed by atoms with Crippen LogP contribution in [0.1, 0.15) is 17.2 Å². The lowest BCUT2D eigenvalue weighted by Crippen LogP contribution is -2.19. The van der Waals surface area contributed by atoms with E-state index in [9.17, 15) is 18.3 Å². The van der Waals surface area contributed by atoms with Crippen LogP contribution in [0, 0.1) is 17.1 Å². The smallest absolute Gasteiger partial charge is 0.257 e. The first-order valence-corrected chi connectivity index (χ1v) is 3.94. The van der Waals surface area contributed by atoms with Gasteiger partial charge in [-0.05, 0) is 6.07 Å². The number of nitrogens with two attached hydrogens (primary N) is 1. The van der Waals surface area contributed by atoms with Crippen LogP contribution in [0.5, 0.6) is 5.75 Å². The topological polar surface area (TPSA) is 70.0 Å². The monoisotopic (exact) mass is 252 g/mol. The minimum Gasteiger partial charge on any atom is -0.506 e. The first-order valence-electron chi connectivity index (χ1n) is 3.94. The summed E-state index contributed by atoms with van der Waals surface area (Å²) in [5.74, 6) is -1.80. The lowest BCUT2D eigenvalue weighted by Gasteiger charge is -2.13. The molecule has 0 saturated heterocycles. The fourth-order valence-corrected chi connectivity index (χ4v) is 1.09. The molecular formula is C9H8ClF3N2O. The summed E-state index contributed by atoms with van der Waals surface area (Å²) in [4.78, 5) is 0. The van der Waals surface area contributed by atoms with Crippen LogP contribution < -0.4 is 5.73 Å². The molecule has 0 spiro atoms. The average molecular weight is 253 g/mol. The van der Waals surface area contributed by atoms with Gasteiger partial charge in [0.25, 0.3) is 6.43 Å². The van der Waals surface area contributed by atoms with Crippen LogP contribution in [0.25, 0.3) is 0 Å². The zero-order valence-electron chi connectivity index (χ0n) is 7.82. The van der Waals surface area contributed by atoms with Crippen molar-refractivity contribution in [2.75, 3.05) is 0 Å². The number of phenolic OH excluding ortho intramolecular Hbond substituents is 1. The van der Waals surface area contributed by atoms with Crippen LogP contribution in [-0.4, -0.2) is 11.5 Å². The van der Waals surface area contributed by atoms with Gasteiger partial charge in [-0.1, -0.05) is 6.07 Å². The summed E-state index contributed by atoms with van der Waals surface area (Å²) in [5.41, 5.74) is 4.05. The van der Waals surface area contributed by atoms with E-state index in [0.717, 1.165) is 12.1 Å². The van der Waals surface area contributed by atoms with E-state index in [1.54, 1.807) is 0 Å². The molecule has 3 nitrogen and oxygen atoms in total. The molecule has 16 heavy (non-hydrogen) atoms. The Hall–Kier alpha value is -1.45. The van der Waals surface area contributed by atoms with Crippen molar-refractivity contribution in [3.63, 3.8) is 0 Å². The maximum Gasteiger partial charge on any atom is 0.257 e. The maximum absolute atomic E-state index is 12.9. The molecular weight excluding hydrogens is 245 g/mol. The second-order valence-electron chi connectivity index (χ2n) is 2.83. The Balaban J connectivity index is 0.00000225. The van der Waals surface area contributed by atoms with Gasteiger partial charge in [0, 0.05) is 5.56 Å². The number of hydrogen-bond acceptors (Lipinski definition) is 3. The summed E-state index contributed by atoms with van der Waals surface area (Å²) in [5, 5.41) is 17.8. The predicted octanol–water partition coefficient (Wildman–Crippen LogP) is 2.09. The number of nitrogens with zero attached hydrogens (tertiary/aromatic N) is 1. The first-order chi connectivity index (χ1) is 6.99. The van der Waals surface area contributed by atoms with Crippen molar-refractivity contribution in [2.24, 2.45) is 5.73 Å². The van der Waals surface area contributed by atoms with Crippen LogP contribution in [0.15, 0.2) is 12.1 Å². The van der Waals surface area contributed by atoms with Crippen molar-refractivity contribution < 1.29 is 18.3 Å². The summed E-state index contributed by atoms with van der Waals surface area (Å²) in [6, 6.07) is 1.38. The first kappa shape index (κ1) is 14.6. The summed E-state index contributed by atoms with van der Waals surface area (Å²) in [6.45, 7) is 0. The number of alkyl halides is 2. The molecule has 0 aromatic heterocycles. The van der Waals surface area contributed by atoms with Crippen molar-refractivity contribution >= 4 is 12.4 Å². The fourth-order valence-electron chi connectivity index (χ4n) is 1.09. The summed E-state index contributed by atoms with van der Waals surface area (Å²) in [7, 11) is 0. The highest BCUT2D eigenvalue weighted by Crippen LogP contribution is 2.30. The van der Waals surface area contributed by atoms with E-state index in [4.69, 9.17) is 11.0 Å². The fraction of sp³-hybridized carbons (Fsp3) is 0.222. The van der Waals surface area contributed by atoms with E-state index < -0.39 is 29.6 Å². The highest BCUT2D eigenvalue weighted by molar-refractivity contribution is 5.85. The lowest BCUT2D eigenvalue weighted by molar-refractivity contribution is 0.115. The average Bonchev–Trinajstić information content (AvgIpc) is 2.17. The minimum atomic E-state index is -2.90. The molecule has 0 bridgehead atoms. The van der Waals surface area contributed by atoms with E-state index in [-0.39, 0.29) is 18.0 Å². The van der Waals surface area contributed by atoms with Crippen molar-refractivity contribution in [1.82, 2.24) is 0 Å². The molecule has 0 radical (unpaired) electrons. The Labute approximate surface area is 95.7 Å². The zero-order chi connectivity index (χ0) is 11.6. The summed E-state index contributed by atoms with van der Waals surface area (Å²) in [6.07, 6.45) is -2.90. The summed E-state index contributed by atoms with van der Waals surface area (Å²) >= 11 is 0. The van der Waals surface area contributed by atoms with Crippen LogP contribution in [0.4, 0.5) is 13.2 Å². The molecule has 0 amide bonds. The molecule has 0 heterocycles. The highest BCUT2D eigenvalue weighted by atomic mass is 35.5. The quantitative estimate of drug-likeness (QED) is 0.847. The number of phenols is 1. The Kier molecular flexibility index (Phi) is 5.08. The predicted molar refractivity (Wildman–Crippen MR) is 53.0 cm³/mol. The highest BCUT2D eigenvalue weighted by Gasteiger charge is 2.23. The lowest BCUT2D eigenvalue weighted by atomic mass is 10.0. The van der Waals surface area contributed by atoms with E-state index in [1.165, 1.54) is 6.07 Å². The number of nitriles is 1. The Morgan fingerprint density at radius 3 is 2.38 bits per heavy atom. The van der Waals surface area contributed by atoms with Gasteiger partial charge in [0.2, 0.25) is 0 Å². The van der Waals surface area contributed by atoms with Crippen molar-refractivity contribution in [1.29, 1.82) is 5.26 Å². The normalized spacial score (nSPS) is 11.8. The number of benzene rings is 1. The Morgan fingerprint density at radius 1 is 1.38 bits per heavy atom. The standard InChI is InChI=1S/C9H7F3N2O.ClH/c10-6-2-1-4(7(14)9(11)12)8(15)5(6)3-13;/h1-2,7,9,15H,14H2;1H/t7-;/m1./s1. The van der Waals surface area contributed by atoms with Gasteiger partial charge in [-0.25, -0.2) is 13.2 Å². The van der Waals surface area contributed by atoms with Crippen LogP contribution in [0.3, 0.4) is 0 Å². The van der Waals surface area contributed by atoms with Crippen LogP contribution >= 0.6 is 12.4 Å². The molecule has 88 valence electrons. The van der Waals surface area contributed by atoms with Gasteiger partial charge in [0.05, 0.1) is 6.04 Å². The van der Waals surface area contributed by atoms with Crippen molar-refractivity contribution in [3.05, 3.63) is 29.1 Å². The van der Waals surface area contributed by atoms with Gasteiger partial charge in [0.1, 0.15) is 23.2 Å². The number of hydrogen-bond donors (Lipinski definition) is 2. The van der Waals surface area contributed by atoms with Crippen molar-refractivity contribution in [3.8, 4) is 11.8 Å². The molecule has 0 unspecified atom stereocenters. The number of rotatable bonds is 2. The van der Waals surface area contributed by atoms with Crippen molar-refractivity contribution in [2.45, 2.75) is 12.5 Å². The molecule has 1 rings (SSSR count). The van der Waals surface area contributed by atoms with Gasteiger partial charge in [-0.15, -0.1) is 12.4 Å². The molecule has 7 heteroatoms. The molecule has 0 aliphatic heterocycles. The van der Waals surface area contributed by atoms with Crippen LogP contribution in [0.2, 0.25) is 0 Å². The van der Waals surface area contributed by atoms with Gasteiger partial charge >= 0.3 is 0 Å². The van der Waals surface area contributed by atoms with Crippen LogP contribution in [-0.2, 0) is 0 Å². The molecule has 1 atom stereocenters. The summed E-state index contributed by atoms with van der Waals surface area (Å²) < 4.78 is 37.3. The van der Waals surface area contributed by atoms with E-state index in [0.29, 0.717) is 0 Å². The SMILES string of the molecule is Cl.N#Cc1c(F)ccc([C@@H](N)C(F)F)c1O. The molecule has 0 aliphatic rings. The third kappa shape index (κ3) is 2.56. The molecule has 1 aromatic carbocycles. The maximum atomic E-state index is 12.9. The second-order valence-corrected chi connectivity index (χ2v) is 2.83. The molecule has 1 aromatic rings.